The molecule has 1 N–H and O–H groups in total. The molecule has 6 heteroatoms. The van der Waals surface area contributed by atoms with Crippen LogP contribution < -0.4 is 5.32 Å². The predicted octanol–water partition coefficient (Wildman–Crippen LogP) is 4.14. The van der Waals surface area contributed by atoms with E-state index in [4.69, 9.17) is 9.97 Å². The third-order valence-corrected chi connectivity index (χ3v) is 6.46. The molecule has 2 heterocycles. The first-order valence-corrected chi connectivity index (χ1v) is 9.75. The Balaban J connectivity index is 2.30. The molecule has 1 aliphatic heterocycles. The van der Waals surface area contributed by atoms with Gasteiger partial charge in [-0.05, 0) is 29.3 Å². The Morgan fingerprint density at radius 3 is 2.79 bits per heavy atom. The summed E-state index contributed by atoms with van der Waals surface area (Å²) in [6.45, 7) is 5.17. The number of halogens is 1. The Kier molecular flexibility index (Phi) is 6.29. The number of nitrogens with one attached hydrogen (secondary N) is 1. The van der Waals surface area contributed by atoms with Crippen LogP contribution in [0.3, 0.4) is 0 Å². The Labute approximate surface area is 132 Å². The number of aryl methyl sites for hydroxylation is 1. The number of thioether (sulfide) groups is 2. The fourth-order valence-electron chi connectivity index (χ4n) is 1.98. The smallest absolute Gasteiger partial charge is 0.144 e. The van der Waals surface area contributed by atoms with Crippen LogP contribution in [0.25, 0.3) is 0 Å². The van der Waals surface area contributed by atoms with E-state index < -0.39 is 0 Å². The summed E-state index contributed by atoms with van der Waals surface area (Å²) in [5, 5.41) is 3.78. The van der Waals surface area contributed by atoms with E-state index in [1.165, 1.54) is 11.5 Å². The molecular formula is C13H20BrN3S2. The number of rotatable bonds is 5. The maximum absolute atomic E-state index is 4.80. The summed E-state index contributed by atoms with van der Waals surface area (Å²) in [5.41, 5.74) is 1.14. The second-order valence-corrected chi connectivity index (χ2v) is 7.66. The minimum absolute atomic E-state index is 0.444. The molecule has 2 rings (SSSR count). The highest BCUT2D eigenvalue weighted by Gasteiger charge is 2.22. The fourth-order valence-corrected chi connectivity index (χ4v) is 5.09. The van der Waals surface area contributed by atoms with Gasteiger partial charge in [-0.15, -0.1) is 11.8 Å². The molecule has 0 spiro atoms. The van der Waals surface area contributed by atoms with Gasteiger partial charge in [0, 0.05) is 23.8 Å². The highest BCUT2D eigenvalue weighted by Crippen LogP contribution is 2.37. The van der Waals surface area contributed by atoms with E-state index in [1.54, 1.807) is 0 Å². The second kappa shape index (κ2) is 7.74. The Morgan fingerprint density at radius 1 is 1.32 bits per heavy atom. The van der Waals surface area contributed by atoms with Gasteiger partial charge < -0.3 is 5.32 Å². The summed E-state index contributed by atoms with van der Waals surface area (Å²) in [5.74, 6) is 5.53. The minimum Gasteiger partial charge on any atom is -0.369 e. The van der Waals surface area contributed by atoms with Crippen molar-refractivity contribution in [2.75, 3.05) is 29.1 Å². The van der Waals surface area contributed by atoms with Gasteiger partial charge in [0.15, 0.2) is 0 Å². The molecular weight excluding hydrogens is 342 g/mol. The standard InChI is InChI=1S/C13H20BrN3S2/c1-3-5-9-11(14)13(15-4-2)17-12(16-9)10-8-18-6-7-19-10/h10H,3-8H2,1-2H3,(H,15,16,17). The van der Waals surface area contributed by atoms with Gasteiger partial charge >= 0.3 is 0 Å². The van der Waals surface area contributed by atoms with E-state index in [9.17, 15) is 0 Å². The van der Waals surface area contributed by atoms with E-state index in [0.717, 1.165) is 46.9 Å². The largest absolute Gasteiger partial charge is 0.369 e. The zero-order chi connectivity index (χ0) is 13.7. The average molecular weight is 362 g/mol. The van der Waals surface area contributed by atoms with Crippen molar-refractivity contribution in [2.24, 2.45) is 0 Å². The van der Waals surface area contributed by atoms with Crippen molar-refractivity contribution in [3.05, 3.63) is 16.0 Å². The van der Waals surface area contributed by atoms with Crippen molar-refractivity contribution in [3.8, 4) is 0 Å². The van der Waals surface area contributed by atoms with E-state index in [1.807, 2.05) is 23.5 Å². The van der Waals surface area contributed by atoms with Crippen molar-refractivity contribution in [2.45, 2.75) is 31.9 Å². The molecule has 0 aliphatic carbocycles. The second-order valence-electron chi connectivity index (χ2n) is 4.41. The van der Waals surface area contributed by atoms with Gasteiger partial charge in [-0.25, -0.2) is 9.97 Å². The molecule has 0 bridgehead atoms. The van der Waals surface area contributed by atoms with Crippen molar-refractivity contribution in [1.82, 2.24) is 9.97 Å². The zero-order valence-electron chi connectivity index (χ0n) is 11.4. The Hall–Kier alpha value is 0.0600. The van der Waals surface area contributed by atoms with Crippen molar-refractivity contribution in [3.63, 3.8) is 0 Å². The molecule has 0 aromatic carbocycles. The Morgan fingerprint density at radius 2 is 2.16 bits per heavy atom. The first-order valence-electron chi connectivity index (χ1n) is 6.75. The normalized spacial score (nSPS) is 19.4. The van der Waals surface area contributed by atoms with Crippen LogP contribution in [0, 0.1) is 0 Å². The molecule has 1 aromatic rings. The summed E-state index contributed by atoms with van der Waals surface area (Å²) >= 11 is 7.64. The molecule has 0 amide bonds. The van der Waals surface area contributed by atoms with Gasteiger partial charge in [0.25, 0.3) is 0 Å². The number of anilines is 1. The molecule has 106 valence electrons. The van der Waals surface area contributed by atoms with Crippen LogP contribution in [0.5, 0.6) is 0 Å². The van der Waals surface area contributed by atoms with Crippen LogP contribution >= 0.6 is 39.5 Å². The van der Waals surface area contributed by atoms with Crippen LogP contribution in [0.15, 0.2) is 4.47 Å². The minimum atomic E-state index is 0.444. The SMILES string of the molecule is CCCc1nc(C2CSCCS2)nc(NCC)c1Br. The van der Waals surface area contributed by atoms with Crippen LogP contribution in [-0.4, -0.2) is 33.8 Å². The third-order valence-electron chi connectivity index (χ3n) is 2.87. The maximum Gasteiger partial charge on any atom is 0.144 e. The molecule has 1 unspecified atom stereocenters. The summed E-state index contributed by atoms with van der Waals surface area (Å²) in [6.07, 6.45) is 2.10. The molecule has 1 saturated heterocycles. The van der Waals surface area contributed by atoms with Crippen LogP contribution in [0.2, 0.25) is 0 Å². The molecule has 19 heavy (non-hydrogen) atoms. The number of aromatic nitrogens is 2. The van der Waals surface area contributed by atoms with E-state index >= 15 is 0 Å². The Bertz CT molecular complexity index is 395. The van der Waals surface area contributed by atoms with Gasteiger partial charge in [0.05, 0.1) is 15.4 Å². The lowest BCUT2D eigenvalue weighted by molar-refractivity contribution is 0.822. The molecule has 0 saturated carbocycles. The van der Waals surface area contributed by atoms with Crippen molar-refractivity contribution in [1.29, 1.82) is 0 Å². The summed E-state index contributed by atoms with van der Waals surface area (Å²) in [4.78, 5) is 9.52. The van der Waals surface area contributed by atoms with Gasteiger partial charge in [0.2, 0.25) is 0 Å². The first-order chi connectivity index (χ1) is 9.26. The quantitative estimate of drug-likeness (QED) is 0.852. The van der Waals surface area contributed by atoms with Crippen molar-refractivity contribution >= 4 is 45.3 Å². The van der Waals surface area contributed by atoms with Gasteiger partial charge in [-0.2, -0.15) is 11.8 Å². The summed E-state index contributed by atoms with van der Waals surface area (Å²) in [7, 11) is 0. The van der Waals surface area contributed by atoms with E-state index in [2.05, 4.69) is 35.1 Å². The predicted molar refractivity (Wildman–Crippen MR) is 90.4 cm³/mol. The third kappa shape index (κ3) is 4.02. The highest BCUT2D eigenvalue weighted by atomic mass is 79.9. The molecule has 3 nitrogen and oxygen atoms in total. The lowest BCUT2D eigenvalue weighted by Crippen LogP contribution is -2.14. The average Bonchev–Trinajstić information content (AvgIpc) is 2.44. The molecule has 1 aromatic heterocycles. The molecule has 1 atom stereocenters. The van der Waals surface area contributed by atoms with E-state index in [-0.39, 0.29) is 0 Å². The van der Waals surface area contributed by atoms with Crippen LogP contribution in [0.4, 0.5) is 5.82 Å². The van der Waals surface area contributed by atoms with Crippen LogP contribution in [0.1, 0.15) is 37.0 Å². The topological polar surface area (TPSA) is 37.8 Å². The number of hydrogen-bond acceptors (Lipinski definition) is 5. The number of nitrogens with zero attached hydrogens (tertiary/aromatic N) is 2. The summed E-state index contributed by atoms with van der Waals surface area (Å²) in [6, 6.07) is 0. The monoisotopic (exact) mass is 361 g/mol. The highest BCUT2D eigenvalue weighted by molar-refractivity contribution is 9.10. The summed E-state index contributed by atoms with van der Waals surface area (Å²) < 4.78 is 1.04. The van der Waals surface area contributed by atoms with Gasteiger partial charge in [0.1, 0.15) is 11.6 Å². The lowest BCUT2D eigenvalue weighted by Gasteiger charge is -2.21. The molecule has 0 radical (unpaired) electrons. The number of hydrogen-bond donors (Lipinski definition) is 1. The van der Waals surface area contributed by atoms with Crippen LogP contribution in [-0.2, 0) is 6.42 Å². The van der Waals surface area contributed by atoms with Gasteiger partial charge in [-0.1, -0.05) is 13.3 Å². The maximum atomic E-state index is 4.80. The fraction of sp³-hybridized carbons (Fsp3) is 0.692. The molecule has 1 aliphatic rings. The zero-order valence-corrected chi connectivity index (χ0v) is 14.6. The lowest BCUT2D eigenvalue weighted by atomic mass is 10.2. The van der Waals surface area contributed by atoms with E-state index in [0.29, 0.717) is 5.25 Å². The van der Waals surface area contributed by atoms with Gasteiger partial charge in [-0.3, -0.25) is 0 Å². The first kappa shape index (κ1) is 15.4. The molecule has 1 fully saturated rings. The van der Waals surface area contributed by atoms with Crippen molar-refractivity contribution < 1.29 is 0 Å².